The predicted octanol–water partition coefficient (Wildman–Crippen LogP) is 3.49. The molecule has 1 aliphatic rings. The van der Waals surface area contributed by atoms with Crippen LogP contribution in [0.2, 0.25) is 0 Å². The highest BCUT2D eigenvalue weighted by molar-refractivity contribution is 14.1. The van der Waals surface area contributed by atoms with Crippen LogP contribution in [0, 0.1) is 9.49 Å². The number of halogens is 2. The van der Waals surface area contributed by atoms with Crippen molar-refractivity contribution in [2.75, 3.05) is 24.5 Å². The zero-order valence-electron chi connectivity index (χ0n) is 10.2. The molecular formula is C13H18BrIN2. The summed E-state index contributed by atoms with van der Waals surface area (Å²) in [4.78, 5) is 2.48. The van der Waals surface area contributed by atoms with Gasteiger partial charge < -0.3 is 10.2 Å². The summed E-state index contributed by atoms with van der Waals surface area (Å²) in [7, 11) is 0. The largest absolute Gasteiger partial charge is 0.369 e. The number of benzene rings is 1. The van der Waals surface area contributed by atoms with E-state index in [1.54, 1.807) is 0 Å². The summed E-state index contributed by atoms with van der Waals surface area (Å²) in [5.41, 5.74) is 1.34. The second-order valence-electron chi connectivity index (χ2n) is 4.85. The second-order valence-corrected chi connectivity index (χ2v) is 6.87. The highest BCUT2D eigenvalue weighted by atomic mass is 127. The predicted molar refractivity (Wildman–Crippen MR) is 85.7 cm³/mol. The maximum Gasteiger partial charge on any atom is 0.0378 e. The molecule has 1 aromatic rings. The molecule has 0 bridgehead atoms. The molecule has 17 heavy (non-hydrogen) atoms. The molecular weight excluding hydrogens is 391 g/mol. The van der Waals surface area contributed by atoms with Crippen molar-refractivity contribution in [2.45, 2.75) is 19.9 Å². The van der Waals surface area contributed by atoms with Gasteiger partial charge in [0.15, 0.2) is 0 Å². The Kier molecular flexibility index (Phi) is 4.72. The number of nitrogens with zero attached hydrogens (tertiary/aromatic N) is 1. The van der Waals surface area contributed by atoms with E-state index in [1.165, 1.54) is 13.7 Å². The maximum atomic E-state index is 3.59. The van der Waals surface area contributed by atoms with Gasteiger partial charge in [-0.3, -0.25) is 0 Å². The summed E-state index contributed by atoms with van der Waals surface area (Å²) >= 11 is 5.93. The lowest BCUT2D eigenvalue weighted by atomic mass is 10.0. The standard InChI is InChI=1S/C13H18BrIN2/c1-9(2)13-8-17(6-5-16-13)10-3-4-11(14)12(15)7-10/h3-4,7,9,13,16H,5-6,8H2,1-2H3. The summed E-state index contributed by atoms with van der Waals surface area (Å²) in [6.07, 6.45) is 0. The Balaban J connectivity index is 2.13. The quantitative estimate of drug-likeness (QED) is 0.753. The van der Waals surface area contributed by atoms with E-state index in [-0.39, 0.29) is 0 Å². The summed E-state index contributed by atoms with van der Waals surface area (Å²) in [5, 5.41) is 3.59. The van der Waals surface area contributed by atoms with Gasteiger partial charge >= 0.3 is 0 Å². The number of nitrogens with one attached hydrogen (secondary N) is 1. The first kappa shape index (κ1) is 13.6. The lowest BCUT2D eigenvalue weighted by molar-refractivity contribution is 0.368. The van der Waals surface area contributed by atoms with Crippen LogP contribution in [-0.2, 0) is 0 Å². The van der Waals surface area contributed by atoms with Crippen LogP contribution < -0.4 is 10.2 Å². The minimum atomic E-state index is 0.602. The van der Waals surface area contributed by atoms with Gasteiger partial charge in [-0.1, -0.05) is 13.8 Å². The monoisotopic (exact) mass is 408 g/mol. The minimum Gasteiger partial charge on any atom is -0.369 e. The normalized spacial score (nSPS) is 21.0. The second kappa shape index (κ2) is 5.89. The number of anilines is 1. The lowest BCUT2D eigenvalue weighted by Crippen LogP contribution is -2.53. The Bertz CT molecular complexity index is 395. The van der Waals surface area contributed by atoms with Gasteiger partial charge in [0, 0.05) is 39.4 Å². The van der Waals surface area contributed by atoms with Gasteiger partial charge in [-0.15, -0.1) is 0 Å². The van der Waals surface area contributed by atoms with Gasteiger partial charge in [0.1, 0.15) is 0 Å². The Hall–Kier alpha value is 0.190. The molecule has 2 rings (SSSR count). The maximum absolute atomic E-state index is 3.59. The number of hydrogen-bond acceptors (Lipinski definition) is 2. The highest BCUT2D eigenvalue weighted by Gasteiger charge is 2.22. The van der Waals surface area contributed by atoms with E-state index in [0.717, 1.165) is 19.6 Å². The van der Waals surface area contributed by atoms with Crippen LogP contribution >= 0.6 is 38.5 Å². The van der Waals surface area contributed by atoms with E-state index in [1.807, 2.05) is 0 Å². The van der Waals surface area contributed by atoms with Crippen LogP contribution in [0.1, 0.15) is 13.8 Å². The summed E-state index contributed by atoms with van der Waals surface area (Å²) in [6, 6.07) is 7.20. The molecule has 1 N–H and O–H groups in total. The van der Waals surface area contributed by atoms with Gasteiger partial charge in [0.2, 0.25) is 0 Å². The molecule has 2 nitrogen and oxygen atoms in total. The van der Waals surface area contributed by atoms with Crippen LogP contribution in [0.4, 0.5) is 5.69 Å². The summed E-state index contributed by atoms with van der Waals surface area (Å²) in [6.45, 7) is 7.85. The van der Waals surface area contributed by atoms with E-state index in [4.69, 9.17) is 0 Å². The SMILES string of the molecule is CC(C)C1CN(c2ccc(Br)c(I)c2)CCN1. The molecule has 0 aromatic heterocycles. The van der Waals surface area contributed by atoms with Crippen LogP contribution in [0.25, 0.3) is 0 Å². The number of rotatable bonds is 2. The molecule has 4 heteroatoms. The molecule has 0 spiro atoms. The third kappa shape index (κ3) is 3.35. The van der Waals surface area contributed by atoms with Crippen molar-refractivity contribution in [1.82, 2.24) is 5.32 Å². The van der Waals surface area contributed by atoms with Crippen molar-refractivity contribution < 1.29 is 0 Å². The fraction of sp³-hybridized carbons (Fsp3) is 0.538. The van der Waals surface area contributed by atoms with E-state index in [2.05, 4.69) is 80.8 Å². The number of piperazine rings is 1. The van der Waals surface area contributed by atoms with Gasteiger partial charge in [0.05, 0.1) is 0 Å². The average Bonchev–Trinajstić information content (AvgIpc) is 2.33. The van der Waals surface area contributed by atoms with E-state index >= 15 is 0 Å². The lowest BCUT2D eigenvalue weighted by Gasteiger charge is -2.37. The molecule has 1 unspecified atom stereocenters. The van der Waals surface area contributed by atoms with E-state index in [9.17, 15) is 0 Å². The first-order chi connectivity index (χ1) is 8.08. The van der Waals surface area contributed by atoms with Gasteiger partial charge in [-0.25, -0.2) is 0 Å². The van der Waals surface area contributed by atoms with Gasteiger partial charge in [-0.05, 0) is 62.6 Å². The number of hydrogen-bond donors (Lipinski definition) is 1. The molecule has 1 fully saturated rings. The first-order valence-corrected chi connectivity index (χ1v) is 7.88. The minimum absolute atomic E-state index is 0.602. The van der Waals surface area contributed by atoms with E-state index < -0.39 is 0 Å². The van der Waals surface area contributed by atoms with Crippen LogP contribution in [-0.4, -0.2) is 25.7 Å². The molecule has 1 saturated heterocycles. The zero-order valence-corrected chi connectivity index (χ0v) is 14.0. The molecule has 1 aromatic carbocycles. The fourth-order valence-corrected chi connectivity index (χ4v) is 2.89. The van der Waals surface area contributed by atoms with Crippen molar-refractivity contribution >= 4 is 44.2 Å². The van der Waals surface area contributed by atoms with Crippen LogP contribution in [0.5, 0.6) is 0 Å². The first-order valence-electron chi connectivity index (χ1n) is 6.01. The smallest absolute Gasteiger partial charge is 0.0378 e. The Morgan fingerprint density at radius 1 is 1.47 bits per heavy atom. The Morgan fingerprint density at radius 3 is 2.88 bits per heavy atom. The van der Waals surface area contributed by atoms with Crippen LogP contribution in [0.15, 0.2) is 22.7 Å². The summed E-state index contributed by atoms with van der Waals surface area (Å²) < 4.78 is 2.46. The third-order valence-corrected chi connectivity index (χ3v) is 5.60. The molecule has 0 radical (unpaired) electrons. The Labute approximate surface area is 125 Å². The van der Waals surface area contributed by atoms with Gasteiger partial charge in [0.25, 0.3) is 0 Å². The molecule has 1 atom stereocenters. The van der Waals surface area contributed by atoms with Gasteiger partial charge in [-0.2, -0.15) is 0 Å². The van der Waals surface area contributed by atoms with E-state index in [0.29, 0.717) is 12.0 Å². The zero-order chi connectivity index (χ0) is 12.4. The fourth-order valence-electron chi connectivity index (χ4n) is 2.14. The molecule has 0 saturated carbocycles. The molecule has 0 amide bonds. The average molecular weight is 409 g/mol. The topological polar surface area (TPSA) is 15.3 Å². The molecule has 0 aliphatic carbocycles. The van der Waals surface area contributed by atoms with Crippen molar-refractivity contribution in [3.8, 4) is 0 Å². The molecule has 94 valence electrons. The summed E-state index contributed by atoms with van der Waals surface area (Å²) in [5.74, 6) is 0.687. The molecule has 1 heterocycles. The molecule has 1 aliphatic heterocycles. The van der Waals surface area contributed by atoms with Crippen molar-refractivity contribution in [3.63, 3.8) is 0 Å². The highest BCUT2D eigenvalue weighted by Crippen LogP contribution is 2.26. The van der Waals surface area contributed by atoms with Crippen LogP contribution in [0.3, 0.4) is 0 Å². The van der Waals surface area contributed by atoms with Crippen molar-refractivity contribution in [2.24, 2.45) is 5.92 Å². The van der Waals surface area contributed by atoms with Crippen molar-refractivity contribution in [3.05, 3.63) is 26.2 Å². The van der Waals surface area contributed by atoms with Crippen molar-refractivity contribution in [1.29, 1.82) is 0 Å². The Morgan fingerprint density at radius 2 is 2.24 bits per heavy atom. The third-order valence-electron chi connectivity index (χ3n) is 3.28.